The minimum atomic E-state index is -5.94. The third-order valence-electron chi connectivity index (χ3n) is 2.89. The maximum Gasteiger partial charge on any atom is 0.463 e. The minimum Gasteiger partial charge on any atom is -0.454 e. The lowest BCUT2D eigenvalue weighted by atomic mass is 10.1. The van der Waals surface area contributed by atoms with Crippen LogP contribution in [0.3, 0.4) is 0 Å². The Balaban J connectivity index is 2.11. The van der Waals surface area contributed by atoms with E-state index < -0.39 is 24.0 Å². The molecule has 1 aromatic carbocycles. The van der Waals surface area contributed by atoms with Crippen LogP contribution in [0.4, 0.5) is 22.0 Å². The lowest BCUT2D eigenvalue weighted by molar-refractivity contribution is -0.270. The number of halogens is 5. The van der Waals surface area contributed by atoms with Crippen molar-refractivity contribution in [1.29, 1.82) is 0 Å². The van der Waals surface area contributed by atoms with Crippen molar-refractivity contribution in [2.45, 2.75) is 25.1 Å². The third kappa shape index (κ3) is 2.86. The number of carbonyl (C=O) groups is 1. The highest BCUT2D eigenvalue weighted by atomic mass is 19.4. The number of benzene rings is 1. The maximum atomic E-state index is 12.8. The molecule has 0 saturated heterocycles. The first-order valence-corrected chi connectivity index (χ1v) is 5.78. The Hall–Kier alpha value is -2.06. The number of rotatable bonds is 3. The molecule has 116 valence electrons. The van der Waals surface area contributed by atoms with Crippen LogP contribution in [0.25, 0.3) is 0 Å². The van der Waals surface area contributed by atoms with Crippen LogP contribution in [0.1, 0.15) is 18.5 Å². The van der Waals surface area contributed by atoms with Crippen molar-refractivity contribution in [3.63, 3.8) is 0 Å². The molecule has 1 aromatic rings. The SMILES string of the molecule is CC(NC(=O)C(F)(F)C(F)(F)F)c1ccc2c(c1)OCO2. The lowest BCUT2D eigenvalue weighted by Crippen LogP contribution is -2.50. The van der Waals surface area contributed by atoms with Crippen LogP contribution in [0, 0.1) is 0 Å². The number of amides is 1. The molecule has 0 spiro atoms. The second-order valence-corrected chi connectivity index (χ2v) is 4.38. The van der Waals surface area contributed by atoms with Crippen LogP contribution in [0.2, 0.25) is 0 Å². The van der Waals surface area contributed by atoms with Crippen molar-refractivity contribution in [2.75, 3.05) is 6.79 Å². The fourth-order valence-electron chi connectivity index (χ4n) is 1.68. The molecule has 1 aliphatic heterocycles. The number of carbonyl (C=O) groups excluding carboxylic acids is 1. The van der Waals surface area contributed by atoms with Crippen molar-refractivity contribution in [1.82, 2.24) is 5.32 Å². The van der Waals surface area contributed by atoms with E-state index >= 15 is 0 Å². The molecular weight excluding hydrogens is 301 g/mol. The average molecular weight is 311 g/mol. The fourth-order valence-corrected chi connectivity index (χ4v) is 1.68. The summed E-state index contributed by atoms with van der Waals surface area (Å²) in [5.74, 6) is -7.09. The molecule has 2 rings (SSSR count). The van der Waals surface area contributed by atoms with Gasteiger partial charge >= 0.3 is 18.0 Å². The Morgan fingerprint density at radius 2 is 1.81 bits per heavy atom. The molecule has 1 unspecified atom stereocenters. The van der Waals surface area contributed by atoms with E-state index in [2.05, 4.69) is 0 Å². The van der Waals surface area contributed by atoms with E-state index in [-0.39, 0.29) is 6.79 Å². The Morgan fingerprint density at radius 1 is 1.19 bits per heavy atom. The standard InChI is InChI=1S/C12H10F5NO3/c1-6(18-10(19)11(13,14)12(15,16)17)7-2-3-8-9(4-7)21-5-20-8/h2-4,6H,5H2,1H3,(H,18,19). The van der Waals surface area contributed by atoms with Crippen molar-refractivity contribution in [2.24, 2.45) is 0 Å². The predicted molar refractivity (Wildman–Crippen MR) is 60.1 cm³/mol. The van der Waals surface area contributed by atoms with Gasteiger partial charge in [0.2, 0.25) is 6.79 Å². The summed E-state index contributed by atoms with van der Waals surface area (Å²) in [6, 6.07) is 3.26. The first kappa shape index (κ1) is 15.3. The summed E-state index contributed by atoms with van der Waals surface area (Å²) in [4.78, 5) is 11.1. The Bertz CT molecular complexity index is 558. The zero-order valence-corrected chi connectivity index (χ0v) is 10.6. The van der Waals surface area contributed by atoms with Crippen molar-refractivity contribution >= 4 is 5.91 Å². The van der Waals surface area contributed by atoms with Gasteiger partial charge in [-0.15, -0.1) is 0 Å². The van der Waals surface area contributed by atoms with Gasteiger partial charge in [-0.1, -0.05) is 6.07 Å². The summed E-state index contributed by atoms with van der Waals surface area (Å²) >= 11 is 0. The molecule has 0 fully saturated rings. The van der Waals surface area contributed by atoms with Gasteiger partial charge < -0.3 is 14.8 Å². The van der Waals surface area contributed by atoms with Gasteiger partial charge in [0.05, 0.1) is 6.04 Å². The minimum absolute atomic E-state index is 0.00826. The molecule has 4 nitrogen and oxygen atoms in total. The topological polar surface area (TPSA) is 47.6 Å². The third-order valence-corrected chi connectivity index (χ3v) is 2.89. The zero-order chi connectivity index (χ0) is 15.8. The number of nitrogens with one attached hydrogen (secondary N) is 1. The highest BCUT2D eigenvalue weighted by molar-refractivity contribution is 5.84. The van der Waals surface area contributed by atoms with Gasteiger partial charge in [0.25, 0.3) is 0 Å². The van der Waals surface area contributed by atoms with Crippen LogP contribution < -0.4 is 14.8 Å². The maximum absolute atomic E-state index is 12.8. The molecule has 0 bridgehead atoms. The van der Waals surface area contributed by atoms with Gasteiger partial charge in [0.15, 0.2) is 11.5 Å². The molecule has 1 atom stereocenters. The monoisotopic (exact) mass is 311 g/mol. The second kappa shape index (κ2) is 5.05. The normalized spacial score (nSPS) is 15.7. The van der Waals surface area contributed by atoms with Gasteiger partial charge in [-0.05, 0) is 24.6 Å². The van der Waals surface area contributed by atoms with Crippen LogP contribution in [-0.4, -0.2) is 24.8 Å². The van der Waals surface area contributed by atoms with Crippen molar-refractivity contribution < 1.29 is 36.2 Å². The van der Waals surface area contributed by atoms with Gasteiger partial charge in [-0.2, -0.15) is 22.0 Å². The summed E-state index contributed by atoms with van der Waals surface area (Å²) in [6.45, 7) is 1.27. The average Bonchev–Trinajstić information content (AvgIpc) is 2.84. The van der Waals surface area contributed by atoms with E-state index in [0.717, 1.165) is 0 Å². The van der Waals surface area contributed by atoms with E-state index in [1.54, 1.807) is 5.32 Å². The Labute approximate surface area is 115 Å². The zero-order valence-electron chi connectivity index (χ0n) is 10.6. The molecule has 0 saturated carbocycles. The Morgan fingerprint density at radius 3 is 2.43 bits per heavy atom. The molecule has 0 aliphatic carbocycles. The van der Waals surface area contributed by atoms with Gasteiger partial charge in [0.1, 0.15) is 0 Å². The summed E-state index contributed by atoms with van der Waals surface area (Å²) in [6.07, 6.45) is -5.94. The summed E-state index contributed by atoms with van der Waals surface area (Å²) in [5.41, 5.74) is 0.311. The molecule has 1 aliphatic rings. The van der Waals surface area contributed by atoms with Crippen LogP contribution in [0.5, 0.6) is 11.5 Å². The number of hydrogen-bond donors (Lipinski definition) is 1. The van der Waals surface area contributed by atoms with Crippen LogP contribution in [-0.2, 0) is 4.79 Å². The number of ether oxygens (including phenoxy) is 2. The summed E-state index contributed by atoms with van der Waals surface area (Å²) in [7, 11) is 0. The van der Waals surface area contributed by atoms with Crippen LogP contribution in [0.15, 0.2) is 18.2 Å². The molecule has 21 heavy (non-hydrogen) atoms. The molecule has 1 heterocycles. The molecule has 1 N–H and O–H groups in total. The largest absolute Gasteiger partial charge is 0.463 e. The lowest BCUT2D eigenvalue weighted by Gasteiger charge is -2.21. The molecular formula is C12H10F5NO3. The van der Waals surface area contributed by atoms with E-state index in [9.17, 15) is 26.7 Å². The summed E-state index contributed by atoms with van der Waals surface area (Å²) in [5, 5.41) is 1.63. The number of alkyl halides is 5. The molecule has 1 amide bonds. The van der Waals surface area contributed by atoms with Crippen molar-refractivity contribution in [3.05, 3.63) is 23.8 Å². The first-order valence-electron chi connectivity index (χ1n) is 5.78. The van der Waals surface area contributed by atoms with Crippen molar-refractivity contribution in [3.8, 4) is 11.5 Å². The quantitative estimate of drug-likeness (QED) is 0.873. The number of hydrogen-bond acceptors (Lipinski definition) is 3. The van der Waals surface area contributed by atoms with E-state index in [1.807, 2.05) is 0 Å². The molecule has 0 radical (unpaired) electrons. The van der Waals surface area contributed by atoms with E-state index in [4.69, 9.17) is 9.47 Å². The van der Waals surface area contributed by atoms with Gasteiger partial charge in [-0.3, -0.25) is 4.79 Å². The van der Waals surface area contributed by atoms with Gasteiger partial charge in [0, 0.05) is 0 Å². The smallest absolute Gasteiger partial charge is 0.454 e. The Kier molecular flexibility index (Phi) is 3.68. The number of fused-ring (bicyclic) bond motifs is 1. The second-order valence-electron chi connectivity index (χ2n) is 4.38. The van der Waals surface area contributed by atoms with Crippen LogP contribution >= 0.6 is 0 Å². The first-order chi connectivity index (χ1) is 9.63. The van der Waals surface area contributed by atoms with E-state index in [0.29, 0.717) is 17.1 Å². The highest BCUT2D eigenvalue weighted by Gasteiger charge is 2.63. The predicted octanol–water partition coefficient (Wildman–Crippen LogP) is 2.79. The van der Waals surface area contributed by atoms with Gasteiger partial charge in [-0.25, -0.2) is 0 Å². The fraction of sp³-hybridized carbons (Fsp3) is 0.417. The molecule has 0 aromatic heterocycles. The highest BCUT2D eigenvalue weighted by Crippen LogP contribution is 2.37. The van der Waals surface area contributed by atoms with E-state index in [1.165, 1.54) is 25.1 Å². The summed E-state index contributed by atoms with van der Waals surface area (Å²) < 4.78 is 72.0. The molecule has 9 heteroatoms.